The predicted molar refractivity (Wildman–Crippen MR) is 99.3 cm³/mol. The first-order valence-electron chi connectivity index (χ1n) is 8.53. The minimum atomic E-state index is -0.0530. The van der Waals surface area contributed by atoms with E-state index in [9.17, 15) is 4.79 Å². The van der Waals surface area contributed by atoms with Crippen LogP contribution in [0, 0.1) is 0 Å². The van der Waals surface area contributed by atoms with E-state index in [1.807, 2.05) is 25.1 Å². The first-order chi connectivity index (χ1) is 12.2. The van der Waals surface area contributed by atoms with Gasteiger partial charge in [-0.2, -0.15) is 0 Å². The minimum Gasteiger partial charge on any atom is -0.493 e. The largest absolute Gasteiger partial charge is 0.493 e. The van der Waals surface area contributed by atoms with Crippen molar-refractivity contribution < 1.29 is 14.3 Å². The Labute approximate surface area is 149 Å². The molecular formula is C20H26N2O3. The number of carbonyl (C=O) groups is 1. The van der Waals surface area contributed by atoms with Gasteiger partial charge in [0, 0.05) is 25.2 Å². The van der Waals surface area contributed by atoms with Gasteiger partial charge in [-0.25, -0.2) is 0 Å². The number of hydrogen-bond donors (Lipinski definition) is 1. The summed E-state index contributed by atoms with van der Waals surface area (Å²) in [6, 6.07) is 15.4. The molecule has 5 nitrogen and oxygen atoms in total. The summed E-state index contributed by atoms with van der Waals surface area (Å²) in [6.07, 6.45) is 0.792. The lowest BCUT2D eigenvalue weighted by atomic mass is 10.1. The van der Waals surface area contributed by atoms with Crippen LogP contribution in [0.15, 0.2) is 48.5 Å². The fourth-order valence-electron chi connectivity index (χ4n) is 2.64. The molecule has 0 atom stereocenters. The average Bonchev–Trinajstić information content (AvgIpc) is 2.66. The zero-order chi connectivity index (χ0) is 18.1. The third-order valence-electron chi connectivity index (χ3n) is 3.91. The highest BCUT2D eigenvalue weighted by Crippen LogP contribution is 2.28. The lowest BCUT2D eigenvalue weighted by molar-refractivity contribution is 0.0761. The number of carbonyl (C=O) groups excluding carboxylic acids is 1. The number of nitrogens with zero attached hydrogens (tertiary/aromatic N) is 1. The van der Waals surface area contributed by atoms with E-state index in [1.54, 1.807) is 30.2 Å². The maximum absolute atomic E-state index is 12.9. The maximum atomic E-state index is 12.9. The number of ether oxygens (including phenoxy) is 2. The van der Waals surface area contributed by atoms with Gasteiger partial charge in [0.15, 0.2) is 11.5 Å². The smallest absolute Gasteiger partial charge is 0.254 e. The summed E-state index contributed by atoms with van der Waals surface area (Å²) in [5, 5.41) is 0. The Morgan fingerprint density at radius 1 is 1.08 bits per heavy atom. The zero-order valence-corrected chi connectivity index (χ0v) is 14.9. The topological polar surface area (TPSA) is 64.8 Å². The summed E-state index contributed by atoms with van der Waals surface area (Å²) < 4.78 is 10.8. The van der Waals surface area contributed by atoms with E-state index in [2.05, 4.69) is 12.1 Å². The molecule has 0 bridgehead atoms. The fraction of sp³-hybridized carbons (Fsp3) is 0.350. The van der Waals surface area contributed by atoms with E-state index < -0.39 is 0 Å². The van der Waals surface area contributed by atoms with Crippen molar-refractivity contribution in [3.8, 4) is 11.5 Å². The van der Waals surface area contributed by atoms with Crippen LogP contribution >= 0.6 is 0 Å². The number of rotatable bonds is 9. The lowest BCUT2D eigenvalue weighted by Crippen LogP contribution is -2.37. The highest BCUT2D eigenvalue weighted by Gasteiger charge is 2.17. The second-order valence-electron chi connectivity index (χ2n) is 5.62. The van der Waals surface area contributed by atoms with Gasteiger partial charge in [-0.1, -0.05) is 30.3 Å². The summed E-state index contributed by atoms with van der Waals surface area (Å²) in [6.45, 7) is 4.01. The van der Waals surface area contributed by atoms with Crippen molar-refractivity contribution in [3.63, 3.8) is 0 Å². The van der Waals surface area contributed by atoms with E-state index in [1.165, 1.54) is 5.56 Å². The van der Waals surface area contributed by atoms with Crippen LogP contribution in [0.1, 0.15) is 22.8 Å². The van der Waals surface area contributed by atoms with Crippen LogP contribution in [-0.2, 0) is 6.42 Å². The first kappa shape index (κ1) is 18.8. The van der Waals surface area contributed by atoms with E-state index >= 15 is 0 Å². The molecule has 0 aliphatic carbocycles. The van der Waals surface area contributed by atoms with Crippen molar-refractivity contribution in [3.05, 3.63) is 59.7 Å². The molecule has 0 radical (unpaired) electrons. The Bertz CT molecular complexity index is 674. The number of amides is 1. The molecule has 134 valence electrons. The van der Waals surface area contributed by atoms with Gasteiger partial charge in [-0.3, -0.25) is 4.79 Å². The van der Waals surface area contributed by atoms with Gasteiger partial charge in [0.1, 0.15) is 0 Å². The summed E-state index contributed by atoms with van der Waals surface area (Å²) in [4.78, 5) is 14.6. The van der Waals surface area contributed by atoms with Gasteiger partial charge in [0.25, 0.3) is 5.91 Å². The van der Waals surface area contributed by atoms with Gasteiger partial charge in [-0.15, -0.1) is 0 Å². The van der Waals surface area contributed by atoms with E-state index in [0.717, 1.165) is 6.42 Å². The standard InChI is InChI=1S/C20H26N2O3/c1-3-25-18-10-9-17(15-19(18)24-2)20(23)22(14-12-21)13-11-16-7-5-4-6-8-16/h4-10,15H,3,11-14,21H2,1-2H3. The number of benzene rings is 2. The third kappa shape index (κ3) is 5.22. The lowest BCUT2D eigenvalue weighted by Gasteiger charge is -2.22. The van der Waals surface area contributed by atoms with Gasteiger partial charge in [0.05, 0.1) is 13.7 Å². The minimum absolute atomic E-state index is 0.0530. The average molecular weight is 342 g/mol. The summed E-state index contributed by atoms with van der Waals surface area (Å²) >= 11 is 0. The van der Waals surface area contributed by atoms with Crippen molar-refractivity contribution in [1.29, 1.82) is 0 Å². The molecular weight excluding hydrogens is 316 g/mol. The normalized spacial score (nSPS) is 10.4. The first-order valence-corrected chi connectivity index (χ1v) is 8.53. The molecule has 1 amide bonds. The SMILES string of the molecule is CCOc1ccc(C(=O)N(CCN)CCc2ccccc2)cc1OC. The van der Waals surface area contributed by atoms with Gasteiger partial charge in [0.2, 0.25) is 0 Å². The van der Waals surface area contributed by atoms with Crippen LogP contribution in [0.4, 0.5) is 0 Å². The van der Waals surface area contributed by atoms with Crippen molar-refractivity contribution in [1.82, 2.24) is 4.90 Å². The highest BCUT2D eigenvalue weighted by atomic mass is 16.5. The van der Waals surface area contributed by atoms with Crippen molar-refractivity contribution in [2.45, 2.75) is 13.3 Å². The molecule has 0 saturated carbocycles. The van der Waals surface area contributed by atoms with Crippen molar-refractivity contribution in [2.24, 2.45) is 5.73 Å². The Kier molecular flexibility index (Phi) is 7.29. The molecule has 0 unspecified atom stereocenters. The molecule has 2 aromatic carbocycles. The van der Waals surface area contributed by atoms with E-state index in [0.29, 0.717) is 43.3 Å². The Morgan fingerprint density at radius 2 is 1.84 bits per heavy atom. The molecule has 0 fully saturated rings. The molecule has 5 heteroatoms. The number of methoxy groups -OCH3 is 1. The van der Waals surface area contributed by atoms with Crippen LogP contribution in [0.25, 0.3) is 0 Å². The Morgan fingerprint density at radius 3 is 2.48 bits per heavy atom. The monoisotopic (exact) mass is 342 g/mol. The molecule has 2 rings (SSSR count). The molecule has 0 aliphatic rings. The summed E-state index contributed by atoms with van der Waals surface area (Å²) in [5.41, 5.74) is 7.46. The molecule has 0 saturated heterocycles. The molecule has 2 N–H and O–H groups in total. The van der Waals surface area contributed by atoms with Gasteiger partial charge < -0.3 is 20.1 Å². The fourth-order valence-corrected chi connectivity index (χ4v) is 2.64. The third-order valence-corrected chi connectivity index (χ3v) is 3.91. The van der Waals surface area contributed by atoms with Gasteiger partial charge >= 0.3 is 0 Å². The highest BCUT2D eigenvalue weighted by molar-refractivity contribution is 5.95. The van der Waals surface area contributed by atoms with E-state index in [4.69, 9.17) is 15.2 Å². The second-order valence-corrected chi connectivity index (χ2v) is 5.62. The quantitative estimate of drug-likeness (QED) is 0.761. The van der Waals surface area contributed by atoms with Crippen LogP contribution in [0.2, 0.25) is 0 Å². The van der Waals surface area contributed by atoms with Crippen molar-refractivity contribution >= 4 is 5.91 Å². The van der Waals surface area contributed by atoms with Crippen LogP contribution in [0.5, 0.6) is 11.5 Å². The molecule has 0 heterocycles. The maximum Gasteiger partial charge on any atom is 0.254 e. The van der Waals surface area contributed by atoms with Crippen LogP contribution in [-0.4, -0.2) is 44.2 Å². The van der Waals surface area contributed by atoms with E-state index in [-0.39, 0.29) is 5.91 Å². The van der Waals surface area contributed by atoms with Crippen LogP contribution < -0.4 is 15.2 Å². The van der Waals surface area contributed by atoms with Crippen molar-refractivity contribution in [2.75, 3.05) is 33.4 Å². The van der Waals surface area contributed by atoms with Gasteiger partial charge in [-0.05, 0) is 37.1 Å². The molecule has 0 aliphatic heterocycles. The number of nitrogens with two attached hydrogens (primary N) is 1. The predicted octanol–water partition coefficient (Wildman–Crippen LogP) is 2.74. The zero-order valence-electron chi connectivity index (χ0n) is 14.9. The molecule has 0 spiro atoms. The molecule has 0 aromatic heterocycles. The second kappa shape index (κ2) is 9.69. The Balaban J connectivity index is 2.13. The number of hydrogen-bond acceptors (Lipinski definition) is 4. The molecule has 2 aromatic rings. The summed E-state index contributed by atoms with van der Waals surface area (Å²) in [7, 11) is 1.57. The summed E-state index contributed by atoms with van der Waals surface area (Å²) in [5.74, 6) is 1.14. The van der Waals surface area contributed by atoms with Crippen LogP contribution in [0.3, 0.4) is 0 Å². The molecule has 25 heavy (non-hydrogen) atoms. The Hall–Kier alpha value is -2.53.